The van der Waals surface area contributed by atoms with Crippen molar-refractivity contribution in [1.29, 1.82) is 5.26 Å². The van der Waals surface area contributed by atoms with Crippen LogP contribution >= 0.6 is 11.3 Å². The van der Waals surface area contributed by atoms with Gasteiger partial charge in [-0.15, -0.1) is 11.3 Å². The Labute approximate surface area is 159 Å². The fourth-order valence-corrected chi connectivity index (χ4v) is 4.65. The van der Waals surface area contributed by atoms with Crippen molar-refractivity contribution in [3.8, 4) is 6.07 Å². The molecule has 1 aromatic heterocycles. The Balaban J connectivity index is 1.57. The van der Waals surface area contributed by atoms with Gasteiger partial charge in [-0.1, -0.05) is 38.1 Å². The number of aryl methyl sites for hydroxylation is 1. The summed E-state index contributed by atoms with van der Waals surface area (Å²) in [5.41, 5.74) is 4.33. The van der Waals surface area contributed by atoms with Gasteiger partial charge in [-0.25, -0.2) is 0 Å². The Morgan fingerprint density at radius 2 is 2.04 bits per heavy atom. The first-order valence-corrected chi connectivity index (χ1v) is 9.91. The molecular formula is C21H25N3OS. The van der Waals surface area contributed by atoms with Crippen LogP contribution in [0.3, 0.4) is 0 Å². The minimum Gasteiger partial charge on any atom is -0.315 e. The zero-order valence-electron chi connectivity index (χ0n) is 15.6. The molecule has 3 rings (SSSR count). The molecule has 1 aliphatic rings. The summed E-state index contributed by atoms with van der Waals surface area (Å²) in [4.78, 5) is 15.6. The van der Waals surface area contributed by atoms with Crippen LogP contribution in [0, 0.1) is 11.3 Å². The highest BCUT2D eigenvalue weighted by Crippen LogP contribution is 2.38. The van der Waals surface area contributed by atoms with Gasteiger partial charge in [0.2, 0.25) is 5.91 Å². The number of carbonyl (C=O) groups excluding carboxylic acids is 1. The molecule has 0 saturated carbocycles. The summed E-state index contributed by atoms with van der Waals surface area (Å²) in [5.74, 6) is 0.456. The fraction of sp³-hybridized carbons (Fsp3) is 0.429. The van der Waals surface area contributed by atoms with E-state index in [1.54, 1.807) is 11.3 Å². The summed E-state index contributed by atoms with van der Waals surface area (Å²) in [5, 5.41) is 13.1. The normalized spacial score (nSPS) is 13.1. The Kier molecular flexibility index (Phi) is 5.75. The third-order valence-electron chi connectivity index (χ3n) is 4.80. The van der Waals surface area contributed by atoms with Crippen LogP contribution in [0.5, 0.6) is 0 Å². The number of thiophene rings is 1. The second-order valence-electron chi connectivity index (χ2n) is 7.29. The smallest absolute Gasteiger partial charge is 0.239 e. The molecule has 0 saturated heterocycles. The highest BCUT2D eigenvalue weighted by Gasteiger charge is 2.23. The van der Waals surface area contributed by atoms with Crippen molar-refractivity contribution in [3.63, 3.8) is 0 Å². The van der Waals surface area contributed by atoms with Gasteiger partial charge < -0.3 is 5.32 Å². The molecule has 4 nitrogen and oxygen atoms in total. The average molecular weight is 368 g/mol. The van der Waals surface area contributed by atoms with Crippen LogP contribution in [0.25, 0.3) is 0 Å². The molecular weight excluding hydrogens is 342 g/mol. The molecule has 5 heteroatoms. The standard InChI is InChI=1S/C21H25N3OS/c1-14(2)16-9-7-15(8-10-16)12-24(3)13-20(25)23-21-18(11-22)17-5-4-6-19(17)26-21/h7-10,14H,4-6,12-13H2,1-3H3,(H,23,25). The van der Waals surface area contributed by atoms with Gasteiger partial charge in [-0.3, -0.25) is 9.69 Å². The van der Waals surface area contributed by atoms with Gasteiger partial charge in [-0.05, 0) is 48.9 Å². The SMILES string of the molecule is CC(C)c1ccc(CN(C)CC(=O)Nc2sc3c(c2C#N)CCC3)cc1. The van der Waals surface area contributed by atoms with E-state index in [4.69, 9.17) is 0 Å². The van der Waals surface area contributed by atoms with E-state index in [-0.39, 0.29) is 5.91 Å². The number of nitrogens with one attached hydrogen (secondary N) is 1. The molecule has 0 spiro atoms. The maximum Gasteiger partial charge on any atom is 0.239 e. The van der Waals surface area contributed by atoms with Crippen LogP contribution in [-0.4, -0.2) is 24.4 Å². The lowest BCUT2D eigenvalue weighted by Gasteiger charge is -2.17. The van der Waals surface area contributed by atoms with E-state index in [0.29, 0.717) is 18.0 Å². The van der Waals surface area contributed by atoms with E-state index in [2.05, 4.69) is 49.5 Å². The number of anilines is 1. The molecule has 0 bridgehead atoms. The van der Waals surface area contributed by atoms with Crippen molar-refractivity contribution < 1.29 is 4.79 Å². The van der Waals surface area contributed by atoms with Gasteiger partial charge in [0.25, 0.3) is 0 Å². The van der Waals surface area contributed by atoms with Gasteiger partial charge in [0, 0.05) is 11.4 Å². The summed E-state index contributed by atoms with van der Waals surface area (Å²) in [6, 6.07) is 10.8. The molecule has 0 unspecified atom stereocenters. The maximum atomic E-state index is 12.4. The van der Waals surface area contributed by atoms with Crippen molar-refractivity contribution >= 4 is 22.2 Å². The van der Waals surface area contributed by atoms with Crippen molar-refractivity contribution in [2.24, 2.45) is 0 Å². The van der Waals surface area contributed by atoms with Gasteiger partial charge in [-0.2, -0.15) is 5.26 Å². The van der Waals surface area contributed by atoms with Crippen molar-refractivity contribution in [1.82, 2.24) is 4.90 Å². The van der Waals surface area contributed by atoms with Gasteiger partial charge in [0.15, 0.2) is 0 Å². The number of rotatable bonds is 6. The first kappa shape index (κ1) is 18.6. The molecule has 0 fully saturated rings. The molecule has 136 valence electrons. The number of amides is 1. The number of benzene rings is 1. The first-order chi connectivity index (χ1) is 12.5. The summed E-state index contributed by atoms with van der Waals surface area (Å²) >= 11 is 1.56. The molecule has 0 radical (unpaired) electrons. The van der Waals surface area contributed by atoms with Crippen molar-refractivity contribution in [3.05, 3.63) is 51.4 Å². The van der Waals surface area contributed by atoms with Crippen LogP contribution < -0.4 is 5.32 Å². The minimum absolute atomic E-state index is 0.0669. The Hall–Kier alpha value is -2.16. The zero-order chi connectivity index (χ0) is 18.7. The first-order valence-electron chi connectivity index (χ1n) is 9.09. The van der Waals surface area contributed by atoms with Gasteiger partial charge in [0.1, 0.15) is 11.1 Å². The van der Waals surface area contributed by atoms with Crippen molar-refractivity contribution in [2.75, 3.05) is 18.9 Å². The Bertz CT molecular complexity index is 830. The van der Waals surface area contributed by atoms with Crippen molar-refractivity contribution in [2.45, 2.75) is 45.6 Å². The maximum absolute atomic E-state index is 12.4. The largest absolute Gasteiger partial charge is 0.315 e. The summed E-state index contributed by atoms with van der Waals surface area (Å²) in [6.45, 7) is 5.39. The van der Waals surface area contributed by atoms with E-state index in [0.717, 1.165) is 36.4 Å². The molecule has 1 aliphatic carbocycles. The number of hydrogen-bond acceptors (Lipinski definition) is 4. The number of nitriles is 1. The average Bonchev–Trinajstić information content (AvgIpc) is 3.15. The van der Waals surface area contributed by atoms with E-state index < -0.39 is 0 Å². The third-order valence-corrected chi connectivity index (χ3v) is 6.01. The number of fused-ring (bicyclic) bond motifs is 1. The van der Waals surface area contributed by atoms with Crippen LogP contribution in [-0.2, 0) is 24.2 Å². The summed E-state index contributed by atoms with van der Waals surface area (Å²) in [6.07, 6.45) is 3.09. The lowest BCUT2D eigenvalue weighted by atomic mass is 10.0. The number of hydrogen-bond donors (Lipinski definition) is 1. The van der Waals surface area contributed by atoms with Gasteiger partial charge in [0.05, 0.1) is 12.1 Å². The summed E-state index contributed by atoms with van der Waals surface area (Å²) < 4.78 is 0. The monoisotopic (exact) mass is 367 g/mol. The second kappa shape index (κ2) is 8.03. The van der Waals surface area contributed by atoms with Gasteiger partial charge >= 0.3 is 0 Å². The van der Waals surface area contributed by atoms with E-state index in [1.807, 2.05) is 11.9 Å². The Morgan fingerprint density at radius 1 is 1.31 bits per heavy atom. The van der Waals surface area contributed by atoms with Crippen LogP contribution in [0.1, 0.15) is 53.3 Å². The van der Waals surface area contributed by atoms with E-state index in [9.17, 15) is 10.1 Å². The quantitative estimate of drug-likeness (QED) is 0.828. The zero-order valence-corrected chi connectivity index (χ0v) is 16.4. The minimum atomic E-state index is -0.0669. The molecule has 0 aliphatic heterocycles. The summed E-state index contributed by atoms with van der Waals surface area (Å²) in [7, 11) is 1.94. The number of carbonyl (C=O) groups is 1. The number of nitrogens with zero attached hydrogens (tertiary/aromatic N) is 2. The lowest BCUT2D eigenvalue weighted by Crippen LogP contribution is -2.29. The molecule has 2 aromatic rings. The lowest BCUT2D eigenvalue weighted by molar-refractivity contribution is -0.117. The molecule has 1 N–H and O–H groups in total. The highest BCUT2D eigenvalue weighted by atomic mass is 32.1. The van der Waals surface area contributed by atoms with Crippen LogP contribution in [0.15, 0.2) is 24.3 Å². The topological polar surface area (TPSA) is 56.1 Å². The molecule has 1 heterocycles. The highest BCUT2D eigenvalue weighted by molar-refractivity contribution is 7.16. The number of likely N-dealkylation sites (N-methyl/N-ethyl adjacent to an activating group) is 1. The van der Waals surface area contributed by atoms with E-state index >= 15 is 0 Å². The molecule has 1 amide bonds. The molecule has 26 heavy (non-hydrogen) atoms. The third kappa shape index (κ3) is 4.14. The van der Waals surface area contributed by atoms with Crippen LogP contribution in [0.4, 0.5) is 5.00 Å². The fourth-order valence-electron chi connectivity index (χ4n) is 3.40. The molecule has 0 atom stereocenters. The second-order valence-corrected chi connectivity index (χ2v) is 8.40. The predicted molar refractivity (Wildman–Crippen MR) is 107 cm³/mol. The predicted octanol–water partition coefficient (Wildman–Crippen LogP) is 4.30. The Morgan fingerprint density at radius 3 is 2.69 bits per heavy atom. The molecule has 1 aromatic carbocycles. The van der Waals surface area contributed by atoms with Crippen LogP contribution in [0.2, 0.25) is 0 Å². The van der Waals surface area contributed by atoms with E-state index in [1.165, 1.54) is 16.0 Å².